The average Bonchev–Trinajstić information content (AvgIpc) is 2.98. The smallest absolute Gasteiger partial charge is 0.190 e. The molecule has 27 heavy (non-hydrogen) atoms. The third-order valence-electron chi connectivity index (χ3n) is 4.47. The number of aromatic nitrogens is 2. The summed E-state index contributed by atoms with van der Waals surface area (Å²) in [7, 11) is 3.98. The monoisotopic (exact) mass is 370 g/mol. The molecule has 1 aromatic heterocycles. The van der Waals surface area contributed by atoms with Gasteiger partial charge in [-0.15, -0.1) is 0 Å². The van der Waals surface area contributed by atoms with E-state index >= 15 is 0 Å². The summed E-state index contributed by atoms with van der Waals surface area (Å²) in [6, 6.07) is 12.7. The van der Waals surface area contributed by atoms with E-state index in [4.69, 9.17) is 0 Å². The maximum atomic E-state index is 4.49. The molecule has 0 aliphatic heterocycles. The second-order valence-electron chi connectivity index (χ2n) is 7.01. The lowest BCUT2D eigenvalue weighted by atomic mass is 10.2. The number of benzene rings is 1. The quantitative estimate of drug-likeness (QED) is 0.383. The number of hydrogen-bond acceptors (Lipinski definition) is 3. The standard InChI is InChI=1S/C21H34N6/c1-18-16-19(2)27(25-18)15-9-13-24-21(22-3)23-12-8-14-26(4)17-20-10-6-5-7-11-20/h5-7,10-11,16H,8-9,12-15,17H2,1-4H3,(H2,22,23,24). The Labute approximate surface area is 163 Å². The Bertz CT molecular complexity index is 692. The van der Waals surface area contributed by atoms with Crippen LogP contribution >= 0.6 is 0 Å². The summed E-state index contributed by atoms with van der Waals surface area (Å²) in [6.07, 6.45) is 2.10. The lowest BCUT2D eigenvalue weighted by Crippen LogP contribution is -2.39. The van der Waals surface area contributed by atoms with Crippen LogP contribution in [0.4, 0.5) is 0 Å². The summed E-state index contributed by atoms with van der Waals surface area (Å²) in [5, 5.41) is 11.3. The molecule has 0 radical (unpaired) electrons. The highest BCUT2D eigenvalue weighted by Gasteiger charge is 2.02. The Hall–Kier alpha value is -2.34. The molecule has 1 aromatic carbocycles. The molecule has 0 bridgehead atoms. The Kier molecular flexibility index (Phi) is 8.84. The van der Waals surface area contributed by atoms with Crippen molar-refractivity contribution in [3.05, 3.63) is 53.3 Å². The molecule has 0 aliphatic rings. The maximum absolute atomic E-state index is 4.49. The number of aliphatic imine (C=N–C) groups is 1. The van der Waals surface area contributed by atoms with E-state index in [0.29, 0.717) is 0 Å². The van der Waals surface area contributed by atoms with Crippen LogP contribution in [0.1, 0.15) is 29.8 Å². The Morgan fingerprint density at radius 3 is 2.44 bits per heavy atom. The average molecular weight is 371 g/mol. The van der Waals surface area contributed by atoms with Crippen molar-refractivity contribution < 1.29 is 0 Å². The van der Waals surface area contributed by atoms with E-state index in [-0.39, 0.29) is 0 Å². The fourth-order valence-corrected chi connectivity index (χ4v) is 3.09. The van der Waals surface area contributed by atoms with E-state index in [0.717, 1.165) is 57.2 Å². The van der Waals surface area contributed by atoms with Crippen LogP contribution in [0.15, 0.2) is 41.4 Å². The molecule has 148 valence electrons. The van der Waals surface area contributed by atoms with E-state index in [1.807, 2.05) is 14.0 Å². The molecule has 0 aliphatic carbocycles. The molecule has 1 heterocycles. The number of nitrogens with one attached hydrogen (secondary N) is 2. The second kappa shape index (κ2) is 11.4. The lowest BCUT2D eigenvalue weighted by Gasteiger charge is -2.17. The van der Waals surface area contributed by atoms with Crippen molar-refractivity contribution in [2.45, 2.75) is 39.8 Å². The van der Waals surface area contributed by atoms with Crippen LogP contribution < -0.4 is 10.6 Å². The Morgan fingerprint density at radius 2 is 1.81 bits per heavy atom. The summed E-state index contributed by atoms with van der Waals surface area (Å²) in [5.41, 5.74) is 3.65. The highest BCUT2D eigenvalue weighted by Crippen LogP contribution is 2.03. The van der Waals surface area contributed by atoms with Crippen molar-refractivity contribution in [1.29, 1.82) is 0 Å². The van der Waals surface area contributed by atoms with E-state index in [1.165, 1.54) is 11.3 Å². The molecule has 2 rings (SSSR count). The normalized spacial score (nSPS) is 11.8. The van der Waals surface area contributed by atoms with Gasteiger partial charge in [-0.25, -0.2) is 0 Å². The van der Waals surface area contributed by atoms with Gasteiger partial charge in [0, 0.05) is 38.9 Å². The summed E-state index contributed by atoms with van der Waals surface area (Å²) < 4.78 is 2.07. The highest BCUT2D eigenvalue weighted by molar-refractivity contribution is 5.79. The minimum Gasteiger partial charge on any atom is -0.356 e. The van der Waals surface area contributed by atoms with E-state index < -0.39 is 0 Å². The first-order valence-corrected chi connectivity index (χ1v) is 9.76. The van der Waals surface area contributed by atoms with Crippen LogP contribution in [0.5, 0.6) is 0 Å². The Balaban J connectivity index is 1.56. The van der Waals surface area contributed by atoms with E-state index in [2.05, 4.69) is 80.7 Å². The molecule has 0 atom stereocenters. The van der Waals surface area contributed by atoms with Gasteiger partial charge in [0.2, 0.25) is 0 Å². The Morgan fingerprint density at radius 1 is 1.11 bits per heavy atom. The molecule has 0 amide bonds. The largest absolute Gasteiger partial charge is 0.356 e. The molecular formula is C21H34N6. The van der Waals surface area contributed by atoms with Gasteiger partial charge in [0.1, 0.15) is 0 Å². The minimum absolute atomic E-state index is 0.870. The van der Waals surface area contributed by atoms with Gasteiger partial charge in [0.05, 0.1) is 5.69 Å². The summed E-state index contributed by atoms with van der Waals surface area (Å²) in [4.78, 5) is 6.65. The summed E-state index contributed by atoms with van der Waals surface area (Å²) in [5.74, 6) is 0.870. The molecule has 0 unspecified atom stereocenters. The van der Waals surface area contributed by atoms with Gasteiger partial charge >= 0.3 is 0 Å². The first-order valence-electron chi connectivity index (χ1n) is 9.76. The van der Waals surface area contributed by atoms with Gasteiger partial charge in [0.15, 0.2) is 5.96 Å². The molecule has 0 saturated heterocycles. The van der Waals surface area contributed by atoms with Crippen molar-refractivity contribution in [3.8, 4) is 0 Å². The first-order chi connectivity index (χ1) is 13.1. The van der Waals surface area contributed by atoms with Crippen molar-refractivity contribution in [2.24, 2.45) is 4.99 Å². The van der Waals surface area contributed by atoms with Gasteiger partial charge in [-0.1, -0.05) is 30.3 Å². The van der Waals surface area contributed by atoms with Crippen molar-refractivity contribution >= 4 is 5.96 Å². The third-order valence-corrected chi connectivity index (χ3v) is 4.47. The predicted molar refractivity (Wildman–Crippen MR) is 113 cm³/mol. The second-order valence-corrected chi connectivity index (χ2v) is 7.01. The topological polar surface area (TPSA) is 57.5 Å². The molecule has 6 nitrogen and oxygen atoms in total. The highest BCUT2D eigenvalue weighted by atomic mass is 15.3. The van der Waals surface area contributed by atoms with E-state index in [9.17, 15) is 0 Å². The van der Waals surface area contributed by atoms with Gasteiger partial charge in [0.25, 0.3) is 0 Å². The van der Waals surface area contributed by atoms with Crippen LogP contribution in [0, 0.1) is 13.8 Å². The molecule has 0 spiro atoms. The maximum Gasteiger partial charge on any atom is 0.190 e. The zero-order valence-electron chi connectivity index (χ0n) is 17.2. The first kappa shape index (κ1) is 21.0. The van der Waals surface area contributed by atoms with Gasteiger partial charge in [-0.3, -0.25) is 9.67 Å². The fraction of sp³-hybridized carbons (Fsp3) is 0.524. The SMILES string of the molecule is CN=C(NCCCN(C)Cc1ccccc1)NCCCn1nc(C)cc1C. The zero-order valence-corrected chi connectivity index (χ0v) is 17.2. The summed E-state index contributed by atoms with van der Waals surface area (Å²) in [6.45, 7) is 8.89. The number of guanidine groups is 1. The lowest BCUT2D eigenvalue weighted by molar-refractivity contribution is 0.322. The van der Waals surface area contributed by atoms with Crippen molar-refractivity contribution in [2.75, 3.05) is 33.7 Å². The number of nitrogens with zero attached hydrogens (tertiary/aromatic N) is 4. The molecule has 6 heteroatoms. The van der Waals surface area contributed by atoms with Crippen LogP contribution in [0.25, 0.3) is 0 Å². The molecular weight excluding hydrogens is 336 g/mol. The third kappa shape index (κ3) is 7.83. The molecule has 2 aromatic rings. The van der Waals surface area contributed by atoms with Crippen LogP contribution in [-0.4, -0.2) is 54.4 Å². The number of hydrogen-bond donors (Lipinski definition) is 2. The van der Waals surface area contributed by atoms with E-state index in [1.54, 1.807) is 0 Å². The predicted octanol–water partition coefficient (Wildman–Crippen LogP) is 2.58. The molecule has 0 fully saturated rings. The van der Waals surface area contributed by atoms with Crippen LogP contribution in [-0.2, 0) is 13.1 Å². The van der Waals surface area contributed by atoms with Crippen LogP contribution in [0.2, 0.25) is 0 Å². The van der Waals surface area contributed by atoms with Crippen LogP contribution in [0.3, 0.4) is 0 Å². The van der Waals surface area contributed by atoms with Crippen molar-refractivity contribution in [1.82, 2.24) is 25.3 Å². The zero-order chi connectivity index (χ0) is 19.5. The van der Waals surface area contributed by atoms with Gasteiger partial charge in [-0.2, -0.15) is 5.10 Å². The number of aryl methyl sites for hydroxylation is 3. The number of rotatable bonds is 10. The molecule has 0 saturated carbocycles. The van der Waals surface area contributed by atoms with Crippen molar-refractivity contribution in [3.63, 3.8) is 0 Å². The molecule has 2 N–H and O–H groups in total. The van der Waals surface area contributed by atoms with Gasteiger partial charge < -0.3 is 15.5 Å². The summed E-state index contributed by atoms with van der Waals surface area (Å²) >= 11 is 0. The minimum atomic E-state index is 0.870. The van der Waals surface area contributed by atoms with Gasteiger partial charge in [-0.05, 0) is 51.9 Å². The fourth-order valence-electron chi connectivity index (χ4n) is 3.09.